The molecule has 0 heterocycles. The van der Waals surface area contributed by atoms with Crippen LogP contribution < -0.4 is 10.8 Å². The Kier molecular flexibility index (Phi) is 3.61. The molecule has 0 unspecified atom stereocenters. The molecule has 0 radical (unpaired) electrons. The van der Waals surface area contributed by atoms with E-state index >= 15 is 0 Å². The first-order chi connectivity index (χ1) is 6.65. The molecule has 0 aliphatic rings. The zero-order chi connectivity index (χ0) is 10.6. The second-order valence-corrected chi connectivity index (χ2v) is 2.72. The van der Waals surface area contributed by atoms with Crippen molar-refractivity contribution >= 4 is 19.0 Å². The van der Waals surface area contributed by atoms with E-state index in [2.05, 4.69) is 5.32 Å². The zero-order valence-corrected chi connectivity index (χ0v) is 7.27. The quantitative estimate of drug-likeness (QED) is 0.417. The second-order valence-electron chi connectivity index (χ2n) is 2.72. The van der Waals surface area contributed by atoms with Gasteiger partial charge in [0.05, 0.1) is 0 Å². The zero-order valence-electron chi connectivity index (χ0n) is 7.27. The molecule has 74 valence electrons. The van der Waals surface area contributed by atoms with Crippen molar-refractivity contribution in [1.82, 2.24) is 5.32 Å². The fourth-order valence-corrected chi connectivity index (χ4v) is 1.02. The lowest BCUT2D eigenvalue weighted by molar-refractivity contribution is -0.109. The van der Waals surface area contributed by atoms with Crippen LogP contribution in [0.15, 0.2) is 18.2 Å². The van der Waals surface area contributed by atoms with E-state index in [4.69, 9.17) is 10.0 Å². The van der Waals surface area contributed by atoms with Crippen LogP contribution in [0.3, 0.4) is 0 Å². The highest BCUT2D eigenvalue weighted by Gasteiger charge is 2.12. The van der Waals surface area contributed by atoms with Crippen molar-refractivity contribution in [3.8, 4) is 0 Å². The molecule has 0 aromatic heterocycles. The van der Waals surface area contributed by atoms with Crippen LogP contribution in [0.5, 0.6) is 0 Å². The first-order valence-corrected chi connectivity index (χ1v) is 3.96. The van der Waals surface area contributed by atoms with E-state index < -0.39 is 12.9 Å². The van der Waals surface area contributed by atoms with Gasteiger partial charge in [0.25, 0.3) is 0 Å². The Morgan fingerprint density at radius 3 is 2.71 bits per heavy atom. The molecule has 1 rings (SSSR count). The van der Waals surface area contributed by atoms with Crippen molar-refractivity contribution in [1.29, 1.82) is 0 Å². The Morgan fingerprint density at radius 2 is 2.21 bits per heavy atom. The van der Waals surface area contributed by atoms with Crippen molar-refractivity contribution < 1.29 is 19.2 Å². The molecule has 0 bridgehead atoms. The third kappa shape index (κ3) is 2.55. The molecular weight excluding hydrogens is 188 g/mol. The van der Waals surface area contributed by atoms with Crippen molar-refractivity contribution in [3.63, 3.8) is 0 Å². The van der Waals surface area contributed by atoms with E-state index in [9.17, 15) is 9.18 Å². The lowest BCUT2D eigenvalue weighted by Crippen LogP contribution is -2.30. The van der Waals surface area contributed by atoms with Crippen LogP contribution in [0.4, 0.5) is 4.39 Å². The molecule has 4 nitrogen and oxygen atoms in total. The average molecular weight is 197 g/mol. The van der Waals surface area contributed by atoms with Gasteiger partial charge in [-0.2, -0.15) is 0 Å². The lowest BCUT2D eigenvalue weighted by Gasteiger charge is -2.04. The molecule has 0 atom stereocenters. The Labute approximate surface area is 80.5 Å². The SMILES string of the molecule is O=CNCc1ccc(B(O)O)cc1F. The van der Waals surface area contributed by atoms with Gasteiger partial charge in [0.1, 0.15) is 5.82 Å². The van der Waals surface area contributed by atoms with Gasteiger partial charge >= 0.3 is 7.12 Å². The summed E-state index contributed by atoms with van der Waals surface area (Å²) in [7, 11) is -1.68. The maximum absolute atomic E-state index is 13.2. The minimum atomic E-state index is -1.68. The summed E-state index contributed by atoms with van der Waals surface area (Å²) in [4.78, 5) is 9.95. The summed E-state index contributed by atoms with van der Waals surface area (Å²) in [5.74, 6) is -0.579. The van der Waals surface area contributed by atoms with E-state index in [-0.39, 0.29) is 12.0 Å². The van der Waals surface area contributed by atoms with Gasteiger partial charge in [0.2, 0.25) is 6.41 Å². The third-order valence-corrected chi connectivity index (χ3v) is 1.75. The van der Waals surface area contributed by atoms with E-state index in [0.29, 0.717) is 12.0 Å². The molecule has 0 saturated heterocycles. The summed E-state index contributed by atoms with van der Waals surface area (Å²) in [6.45, 7) is 0.0805. The molecule has 1 aromatic rings. The first kappa shape index (κ1) is 10.7. The third-order valence-electron chi connectivity index (χ3n) is 1.75. The number of benzene rings is 1. The van der Waals surface area contributed by atoms with Crippen molar-refractivity contribution in [3.05, 3.63) is 29.6 Å². The Hall–Kier alpha value is -1.40. The number of carbonyl (C=O) groups excluding carboxylic acids is 1. The van der Waals surface area contributed by atoms with E-state index in [1.165, 1.54) is 12.1 Å². The maximum Gasteiger partial charge on any atom is 0.488 e. The van der Waals surface area contributed by atoms with Gasteiger partial charge in [-0.25, -0.2) is 4.39 Å². The summed E-state index contributed by atoms with van der Waals surface area (Å²) in [6.07, 6.45) is 0.467. The number of rotatable bonds is 4. The van der Waals surface area contributed by atoms with Gasteiger partial charge in [0, 0.05) is 12.1 Å². The van der Waals surface area contributed by atoms with Gasteiger partial charge in [-0.15, -0.1) is 0 Å². The normalized spacial score (nSPS) is 9.64. The summed E-state index contributed by atoms with van der Waals surface area (Å²) in [5.41, 5.74) is 0.374. The molecule has 3 N–H and O–H groups in total. The Balaban J connectivity index is 2.84. The monoisotopic (exact) mass is 197 g/mol. The second kappa shape index (κ2) is 4.73. The molecule has 1 amide bonds. The predicted molar refractivity (Wildman–Crippen MR) is 49.1 cm³/mol. The topological polar surface area (TPSA) is 69.6 Å². The van der Waals surface area contributed by atoms with Gasteiger partial charge < -0.3 is 15.4 Å². The minimum Gasteiger partial charge on any atom is -0.423 e. The molecular formula is C8H9BFNO3. The standard InChI is InChI=1S/C8H9BFNO3/c10-8-3-7(9(13)14)2-1-6(8)4-11-5-12/h1-3,5,13-14H,4H2,(H,11,12). The number of halogens is 1. The number of nitrogens with one attached hydrogen (secondary N) is 1. The lowest BCUT2D eigenvalue weighted by atomic mass is 9.80. The molecule has 1 aromatic carbocycles. The summed E-state index contributed by atoms with van der Waals surface area (Å²) < 4.78 is 13.2. The van der Waals surface area contributed by atoms with E-state index in [1.54, 1.807) is 0 Å². The number of hydrogen-bond acceptors (Lipinski definition) is 3. The van der Waals surface area contributed by atoms with Crippen LogP contribution in [0.25, 0.3) is 0 Å². The van der Waals surface area contributed by atoms with Crippen molar-refractivity contribution in [2.24, 2.45) is 0 Å². The summed E-state index contributed by atoms with van der Waals surface area (Å²) in [6, 6.07) is 3.79. The van der Waals surface area contributed by atoms with E-state index in [1.807, 2.05) is 0 Å². The highest BCUT2D eigenvalue weighted by Crippen LogP contribution is 2.04. The highest BCUT2D eigenvalue weighted by molar-refractivity contribution is 6.58. The van der Waals surface area contributed by atoms with Crippen LogP contribution in [0.1, 0.15) is 5.56 Å². The number of carbonyl (C=O) groups is 1. The van der Waals surface area contributed by atoms with E-state index in [0.717, 1.165) is 6.07 Å². The first-order valence-electron chi connectivity index (χ1n) is 3.96. The van der Waals surface area contributed by atoms with Crippen LogP contribution in [-0.2, 0) is 11.3 Å². The molecule has 0 aliphatic heterocycles. The smallest absolute Gasteiger partial charge is 0.423 e. The van der Waals surface area contributed by atoms with Crippen LogP contribution >= 0.6 is 0 Å². The molecule has 0 saturated carbocycles. The molecule has 0 spiro atoms. The number of hydrogen-bond donors (Lipinski definition) is 3. The fourth-order valence-electron chi connectivity index (χ4n) is 1.02. The molecule has 6 heteroatoms. The van der Waals surface area contributed by atoms with Gasteiger partial charge in [-0.05, 0) is 11.5 Å². The fraction of sp³-hybridized carbons (Fsp3) is 0.125. The van der Waals surface area contributed by atoms with Crippen LogP contribution in [0.2, 0.25) is 0 Å². The maximum atomic E-state index is 13.2. The Bertz CT molecular complexity index is 332. The van der Waals surface area contributed by atoms with Crippen molar-refractivity contribution in [2.75, 3.05) is 0 Å². The van der Waals surface area contributed by atoms with Gasteiger partial charge in [-0.3, -0.25) is 4.79 Å². The summed E-state index contributed by atoms with van der Waals surface area (Å²) >= 11 is 0. The largest absolute Gasteiger partial charge is 0.488 e. The predicted octanol–water partition coefficient (Wildman–Crippen LogP) is -1.25. The minimum absolute atomic E-state index is 0.0805. The summed E-state index contributed by atoms with van der Waals surface area (Å²) in [5, 5.41) is 19.8. The van der Waals surface area contributed by atoms with Crippen LogP contribution in [0, 0.1) is 5.82 Å². The molecule has 0 aliphatic carbocycles. The molecule has 14 heavy (non-hydrogen) atoms. The number of amides is 1. The van der Waals surface area contributed by atoms with Crippen LogP contribution in [-0.4, -0.2) is 23.6 Å². The average Bonchev–Trinajstić information content (AvgIpc) is 2.15. The van der Waals surface area contributed by atoms with Crippen molar-refractivity contribution in [2.45, 2.75) is 6.54 Å². The molecule has 0 fully saturated rings. The van der Waals surface area contributed by atoms with Gasteiger partial charge in [-0.1, -0.05) is 12.1 Å². The Morgan fingerprint density at radius 1 is 1.50 bits per heavy atom. The highest BCUT2D eigenvalue weighted by atomic mass is 19.1. The van der Waals surface area contributed by atoms with Gasteiger partial charge in [0.15, 0.2) is 0 Å².